The molecule has 1 unspecified atom stereocenters. The van der Waals surface area contributed by atoms with Gasteiger partial charge in [0.1, 0.15) is 11.0 Å². The van der Waals surface area contributed by atoms with Crippen LogP contribution in [0.15, 0.2) is 53.4 Å². The maximum absolute atomic E-state index is 12.5. The molecule has 0 aliphatic carbocycles. The Balaban J connectivity index is 1.54. The molecule has 2 aromatic carbocycles. The molecule has 3 rings (SSSR count). The predicted molar refractivity (Wildman–Crippen MR) is 111 cm³/mol. The Kier molecular flexibility index (Phi) is 6.64. The molecule has 0 saturated carbocycles. The first-order chi connectivity index (χ1) is 12.7. The molecular weight excluding hydrogens is 340 g/mol. The van der Waals surface area contributed by atoms with E-state index >= 15 is 0 Å². The molecule has 0 spiro atoms. The van der Waals surface area contributed by atoms with Gasteiger partial charge in [0, 0.05) is 23.1 Å². The van der Waals surface area contributed by atoms with Gasteiger partial charge < -0.3 is 4.98 Å². The van der Waals surface area contributed by atoms with Crippen LogP contribution in [0, 0.1) is 6.92 Å². The van der Waals surface area contributed by atoms with Crippen LogP contribution in [0.5, 0.6) is 0 Å². The smallest absolute Gasteiger partial charge is 0.124 e. The lowest BCUT2D eigenvalue weighted by molar-refractivity contribution is 0.671. The topological polar surface area (TPSA) is 44.9 Å². The molecule has 2 N–H and O–H groups in total. The largest absolute Gasteiger partial charge is 0.358 e. The van der Waals surface area contributed by atoms with E-state index in [0.29, 0.717) is 6.54 Å². The van der Waals surface area contributed by atoms with Crippen molar-refractivity contribution in [2.75, 3.05) is 6.54 Å². The molecule has 1 aromatic heterocycles. The number of para-hydroxylation sites is 1. The first kappa shape index (κ1) is 18.9. The fourth-order valence-corrected chi connectivity index (χ4v) is 4.21. The van der Waals surface area contributed by atoms with Crippen molar-refractivity contribution in [1.29, 1.82) is 0 Å². The van der Waals surface area contributed by atoms with Crippen LogP contribution >= 0.6 is 0 Å². The summed E-state index contributed by atoms with van der Waals surface area (Å²) in [6, 6.07) is 16.5. The van der Waals surface area contributed by atoms with Gasteiger partial charge in [-0.05, 0) is 55.5 Å². The molecule has 0 bridgehead atoms. The van der Waals surface area contributed by atoms with Gasteiger partial charge in [0.25, 0.3) is 0 Å². The summed E-state index contributed by atoms with van der Waals surface area (Å²) in [5.74, 6) is 0. The number of hydrogen-bond acceptors (Lipinski definition) is 1. The van der Waals surface area contributed by atoms with Crippen molar-refractivity contribution in [1.82, 2.24) is 9.71 Å². The summed E-state index contributed by atoms with van der Waals surface area (Å²) in [7, 11) is -1.16. The second-order valence-electron chi connectivity index (χ2n) is 6.79. The molecule has 1 heterocycles. The van der Waals surface area contributed by atoms with Crippen LogP contribution in [0.4, 0.5) is 0 Å². The van der Waals surface area contributed by atoms with Crippen molar-refractivity contribution in [3.05, 3.63) is 65.4 Å². The first-order valence-electron chi connectivity index (χ1n) is 9.49. The van der Waals surface area contributed by atoms with Gasteiger partial charge in [-0.25, -0.2) is 8.93 Å². The number of aromatic amines is 1. The Morgan fingerprint density at radius 3 is 2.54 bits per heavy atom. The third-order valence-electron chi connectivity index (χ3n) is 4.84. The number of benzene rings is 2. The Bertz CT molecular complexity index is 867. The molecule has 3 aromatic rings. The molecule has 138 valence electrons. The van der Waals surface area contributed by atoms with Crippen molar-refractivity contribution in [3.63, 3.8) is 0 Å². The van der Waals surface area contributed by atoms with Crippen molar-refractivity contribution < 1.29 is 4.21 Å². The summed E-state index contributed by atoms with van der Waals surface area (Å²) in [4.78, 5) is 4.27. The summed E-state index contributed by atoms with van der Waals surface area (Å²) in [5.41, 5.74) is 4.99. The van der Waals surface area contributed by atoms with E-state index in [9.17, 15) is 4.21 Å². The zero-order chi connectivity index (χ0) is 18.4. The fourth-order valence-electron chi connectivity index (χ4n) is 3.37. The van der Waals surface area contributed by atoms with E-state index in [1.165, 1.54) is 47.0 Å². The highest BCUT2D eigenvalue weighted by molar-refractivity contribution is 7.83. The summed E-state index contributed by atoms with van der Waals surface area (Å²) in [5, 5.41) is 1.26. The molecular formula is C22H28N2OS. The highest BCUT2D eigenvalue weighted by Crippen LogP contribution is 2.22. The summed E-state index contributed by atoms with van der Waals surface area (Å²) >= 11 is 0. The minimum atomic E-state index is -1.16. The number of aryl methyl sites for hydroxylation is 2. The Morgan fingerprint density at radius 1 is 1.00 bits per heavy atom. The van der Waals surface area contributed by atoms with Gasteiger partial charge in [-0.2, -0.15) is 0 Å². The quantitative estimate of drug-likeness (QED) is 0.509. The van der Waals surface area contributed by atoms with Gasteiger partial charge in [-0.3, -0.25) is 0 Å². The van der Waals surface area contributed by atoms with Gasteiger partial charge in [-0.1, -0.05) is 50.1 Å². The SMILES string of the molecule is CCCCCc1ccc(S(=O)NCCc2c(C)[nH]c3ccccc23)cc1. The predicted octanol–water partition coefficient (Wildman–Crippen LogP) is 5.06. The van der Waals surface area contributed by atoms with Gasteiger partial charge >= 0.3 is 0 Å². The van der Waals surface area contributed by atoms with E-state index in [1.54, 1.807) is 0 Å². The monoisotopic (exact) mass is 368 g/mol. The van der Waals surface area contributed by atoms with E-state index < -0.39 is 11.0 Å². The summed E-state index contributed by atoms with van der Waals surface area (Å²) in [6.07, 6.45) is 5.69. The van der Waals surface area contributed by atoms with Crippen LogP contribution in [0.2, 0.25) is 0 Å². The first-order valence-corrected chi connectivity index (χ1v) is 10.6. The molecule has 4 heteroatoms. The molecule has 0 saturated heterocycles. The fraction of sp³-hybridized carbons (Fsp3) is 0.364. The second-order valence-corrected chi connectivity index (χ2v) is 8.09. The van der Waals surface area contributed by atoms with Gasteiger partial charge in [0.15, 0.2) is 0 Å². The van der Waals surface area contributed by atoms with Crippen LogP contribution in [-0.2, 0) is 23.8 Å². The van der Waals surface area contributed by atoms with Crippen LogP contribution < -0.4 is 4.72 Å². The molecule has 1 atom stereocenters. The Labute approximate surface area is 158 Å². The third-order valence-corrected chi connectivity index (χ3v) is 6.01. The highest BCUT2D eigenvalue weighted by Gasteiger charge is 2.09. The van der Waals surface area contributed by atoms with Gasteiger partial charge in [0.05, 0.1) is 4.90 Å². The number of hydrogen-bond donors (Lipinski definition) is 2. The van der Waals surface area contributed by atoms with Crippen LogP contribution in [0.25, 0.3) is 10.9 Å². The van der Waals surface area contributed by atoms with E-state index in [-0.39, 0.29) is 0 Å². The third kappa shape index (κ3) is 4.63. The van der Waals surface area contributed by atoms with Gasteiger partial charge in [-0.15, -0.1) is 0 Å². The molecule has 0 amide bonds. The molecule has 0 radical (unpaired) electrons. The van der Waals surface area contributed by atoms with Crippen molar-refractivity contribution in [2.45, 2.75) is 50.8 Å². The normalized spacial score (nSPS) is 12.5. The lowest BCUT2D eigenvalue weighted by Crippen LogP contribution is -2.20. The molecule has 3 nitrogen and oxygen atoms in total. The van der Waals surface area contributed by atoms with Crippen LogP contribution in [0.3, 0.4) is 0 Å². The maximum Gasteiger partial charge on any atom is 0.124 e. The molecule has 0 aliphatic rings. The van der Waals surface area contributed by atoms with Crippen molar-refractivity contribution >= 4 is 21.9 Å². The lowest BCUT2D eigenvalue weighted by Gasteiger charge is -2.07. The molecule has 26 heavy (non-hydrogen) atoms. The van der Waals surface area contributed by atoms with Crippen molar-refractivity contribution in [2.24, 2.45) is 0 Å². The number of nitrogens with one attached hydrogen (secondary N) is 2. The Hall–Kier alpha value is -1.91. The standard InChI is InChI=1S/C22H28N2OS/c1-3-4-5-8-18-11-13-19(14-12-18)26(25)23-16-15-20-17(2)24-22-10-7-6-9-21(20)22/h6-7,9-14,23-24H,3-5,8,15-16H2,1-2H3. The minimum Gasteiger partial charge on any atom is -0.358 e. The number of rotatable bonds is 9. The van der Waals surface area contributed by atoms with E-state index in [0.717, 1.165) is 17.7 Å². The zero-order valence-corrected chi connectivity index (χ0v) is 16.5. The Morgan fingerprint density at radius 2 is 1.77 bits per heavy atom. The summed E-state index contributed by atoms with van der Waals surface area (Å²) < 4.78 is 15.6. The number of aromatic nitrogens is 1. The van der Waals surface area contributed by atoms with E-state index in [1.807, 2.05) is 18.2 Å². The highest BCUT2D eigenvalue weighted by atomic mass is 32.2. The van der Waals surface area contributed by atoms with Gasteiger partial charge in [0.2, 0.25) is 0 Å². The van der Waals surface area contributed by atoms with Crippen LogP contribution in [-0.4, -0.2) is 15.7 Å². The maximum atomic E-state index is 12.5. The average molecular weight is 369 g/mol. The second kappa shape index (κ2) is 9.15. The van der Waals surface area contributed by atoms with Crippen molar-refractivity contribution in [3.8, 4) is 0 Å². The number of fused-ring (bicyclic) bond motifs is 1. The van der Waals surface area contributed by atoms with E-state index in [4.69, 9.17) is 0 Å². The number of unbranched alkanes of at least 4 members (excludes halogenated alkanes) is 2. The zero-order valence-electron chi connectivity index (χ0n) is 15.7. The van der Waals surface area contributed by atoms with E-state index in [2.05, 4.69) is 53.9 Å². The average Bonchev–Trinajstić information content (AvgIpc) is 2.98. The molecule has 0 fully saturated rings. The van der Waals surface area contributed by atoms with Crippen LogP contribution in [0.1, 0.15) is 43.0 Å². The lowest BCUT2D eigenvalue weighted by atomic mass is 10.1. The summed E-state index contributed by atoms with van der Waals surface area (Å²) in [6.45, 7) is 5.01. The minimum absolute atomic E-state index is 0.688. The molecule has 0 aliphatic heterocycles. The number of H-pyrrole nitrogens is 1.